The average Bonchev–Trinajstić information content (AvgIpc) is 2.50. The molecule has 0 aromatic heterocycles. The maximum atomic E-state index is 5.88. The minimum absolute atomic E-state index is 0. The molecule has 0 atom stereocenters. The molecule has 1 aliphatic rings. The first-order valence-electron chi connectivity index (χ1n) is 8.42. The fraction of sp³-hybridized carbons (Fsp3) is 1.00. The molecule has 1 rings (SSSR count). The van der Waals surface area contributed by atoms with Crippen LogP contribution in [-0.4, -0.2) is 72.6 Å². The SMILES string of the molecule is Cl.Cl.ClCCN(CCCl)CC1CCC(CN(CCCl)CCCl)CC1. The predicted octanol–water partition coefficient (Wildman–Crippen LogP) is 5.20. The van der Waals surface area contributed by atoms with Crippen molar-refractivity contribution in [3.63, 3.8) is 0 Å². The van der Waals surface area contributed by atoms with E-state index in [1.54, 1.807) is 0 Å². The monoisotopic (exact) mass is 462 g/mol. The molecule has 0 spiro atoms. The quantitative estimate of drug-likeness (QED) is 0.366. The van der Waals surface area contributed by atoms with E-state index in [0.29, 0.717) is 23.5 Å². The van der Waals surface area contributed by atoms with E-state index in [0.717, 1.165) is 51.1 Å². The smallest absolute Gasteiger partial charge is 0.0351 e. The molecule has 0 amide bonds. The summed E-state index contributed by atoms with van der Waals surface area (Å²) in [5.41, 5.74) is 0. The van der Waals surface area contributed by atoms with Crippen molar-refractivity contribution in [1.29, 1.82) is 0 Å². The molecule has 0 aromatic carbocycles. The molecule has 148 valence electrons. The summed E-state index contributed by atoms with van der Waals surface area (Å²) in [6.07, 6.45) is 5.28. The largest absolute Gasteiger partial charge is 0.301 e. The lowest BCUT2D eigenvalue weighted by Crippen LogP contribution is -2.37. The van der Waals surface area contributed by atoms with Crippen molar-refractivity contribution in [3.05, 3.63) is 0 Å². The van der Waals surface area contributed by atoms with Crippen molar-refractivity contribution in [2.45, 2.75) is 25.7 Å². The lowest BCUT2D eigenvalue weighted by molar-refractivity contribution is 0.162. The van der Waals surface area contributed by atoms with E-state index in [2.05, 4.69) is 9.80 Å². The van der Waals surface area contributed by atoms with Crippen LogP contribution in [0.5, 0.6) is 0 Å². The van der Waals surface area contributed by atoms with Gasteiger partial charge < -0.3 is 9.80 Å². The summed E-state index contributed by atoms with van der Waals surface area (Å²) in [6.45, 7) is 6.11. The highest BCUT2D eigenvalue weighted by atomic mass is 35.5. The van der Waals surface area contributed by atoms with Crippen LogP contribution in [0.3, 0.4) is 0 Å². The second kappa shape index (κ2) is 18.0. The summed E-state index contributed by atoms with van der Waals surface area (Å²) in [7, 11) is 0. The third kappa shape index (κ3) is 12.1. The fourth-order valence-electron chi connectivity index (χ4n) is 3.39. The van der Waals surface area contributed by atoms with Crippen molar-refractivity contribution >= 4 is 71.2 Å². The predicted molar refractivity (Wildman–Crippen MR) is 116 cm³/mol. The Kier molecular flexibility index (Phi) is 21.0. The first-order valence-corrected chi connectivity index (χ1v) is 10.6. The molecule has 0 saturated heterocycles. The third-order valence-corrected chi connectivity index (χ3v) is 5.28. The highest BCUT2D eigenvalue weighted by Gasteiger charge is 2.24. The van der Waals surface area contributed by atoms with Gasteiger partial charge in [-0.1, -0.05) is 0 Å². The number of nitrogens with zero attached hydrogens (tertiary/aromatic N) is 2. The van der Waals surface area contributed by atoms with Crippen molar-refractivity contribution in [2.24, 2.45) is 11.8 Å². The zero-order valence-corrected chi connectivity index (χ0v) is 18.9. The number of alkyl halides is 4. The fourth-order valence-corrected chi connectivity index (χ4v) is 4.35. The summed E-state index contributed by atoms with van der Waals surface area (Å²) < 4.78 is 0. The van der Waals surface area contributed by atoms with Gasteiger partial charge in [-0.05, 0) is 37.5 Å². The highest BCUT2D eigenvalue weighted by Crippen LogP contribution is 2.30. The van der Waals surface area contributed by atoms with Gasteiger partial charge in [0, 0.05) is 62.8 Å². The minimum Gasteiger partial charge on any atom is -0.301 e. The van der Waals surface area contributed by atoms with Crippen molar-refractivity contribution in [3.8, 4) is 0 Å². The zero-order valence-electron chi connectivity index (χ0n) is 14.3. The molecule has 1 fully saturated rings. The van der Waals surface area contributed by atoms with Gasteiger partial charge in [-0.2, -0.15) is 0 Å². The van der Waals surface area contributed by atoms with E-state index >= 15 is 0 Å². The van der Waals surface area contributed by atoms with E-state index < -0.39 is 0 Å². The standard InChI is InChI=1S/C16H30Cl4N2.2ClH/c17-5-9-21(10-6-18)13-15-1-2-16(4-3-15)14-22(11-7-19)12-8-20;;/h15-16H,1-14H2;2*1H. The molecule has 1 aliphatic carbocycles. The molecule has 0 aromatic rings. The number of hydrogen-bond acceptors (Lipinski definition) is 2. The molecule has 0 unspecified atom stereocenters. The van der Waals surface area contributed by atoms with Crippen LogP contribution >= 0.6 is 71.2 Å². The molecule has 1 saturated carbocycles. The first kappa shape index (κ1) is 27.9. The van der Waals surface area contributed by atoms with Gasteiger partial charge in [-0.15, -0.1) is 71.2 Å². The topological polar surface area (TPSA) is 6.48 Å². The Morgan fingerprint density at radius 3 is 1.00 bits per heavy atom. The summed E-state index contributed by atoms with van der Waals surface area (Å²) >= 11 is 23.5. The number of hydrogen-bond donors (Lipinski definition) is 0. The number of halogens is 6. The molecule has 0 bridgehead atoms. The van der Waals surface area contributed by atoms with Crippen molar-refractivity contribution in [2.75, 3.05) is 62.8 Å². The Labute approximate surface area is 180 Å². The summed E-state index contributed by atoms with van der Waals surface area (Å²) in [6, 6.07) is 0. The van der Waals surface area contributed by atoms with Gasteiger partial charge in [0.15, 0.2) is 0 Å². The van der Waals surface area contributed by atoms with Gasteiger partial charge in [-0.25, -0.2) is 0 Å². The maximum absolute atomic E-state index is 5.88. The van der Waals surface area contributed by atoms with Crippen molar-refractivity contribution < 1.29 is 0 Å². The molecule has 0 aliphatic heterocycles. The lowest BCUT2D eigenvalue weighted by Gasteiger charge is -2.34. The Bertz CT molecular complexity index is 227. The molecule has 0 N–H and O–H groups in total. The first-order chi connectivity index (χ1) is 10.7. The van der Waals surface area contributed by atoms with Crippen LogP contribution in [0.2, 0.25) is 0 Å². The van der Waals surface area contributed by atoms with Crippen LogP contribution in [0.15, 0.2) is 0 Å². The maximum Gasteiger partial charge on any atom is 0.0351 e. The molecule has 0 radical (unpaired) electrons. The van der Waals surface area contributed by atoms with Crippen molar-refractivity contribution in [1.82, 2.24) is 9.80 Å². The van der Waals surface area contributed by atoms with Crippen LogP contribution in [0.25, 0.3) is 0 Å². The summed E-state index contributed by atoms with van der Waals surface area (Å²) in [4.78, 5) is 4.83. The molecule has 24 heavy (non-hydrogen) atoms. The summed E-state index contributed by atoms with van der Waals surface area (Å²) in [5.74, 6) is 4.38. The second-order valence-electron chi connectivity index (χ2n) is 6.24. The van der Waals surface area contributed by atoms with E-state index in [-0.39, 0.29) is 24.8 Å². The van der Waals surface area contributed by atoms with E-state index in [1.165, 1.54) is 25.7 Å². The van der Waals surface area contributed by atoms with Crippen LogP contribution in [-0.2, 0) is 0 Å². The van der Waals surface area contributed by atoms with Gasteiger partial charge in [-0.3, -0.25) is 0 Å². The third-order valence-electron chi connectivity index (χ3n) is 4.60. The molecule has 0 heterocycles. The highest BCUT2D eigenvalue weighted by molar-refractivity contribution is 6.18. The Balaban J connectivity index is 0. The molecule has 2 nitrogen and oxygen atoms in total. The Morgan fingerprint density at radius 1 is 0.542 bits per heavy atom. The average molecular weight is 465 g/mol. The van der Waals surface area contributed by atoms with E-state index in [4.69, 9.17) is 46.4 Å². The van der Waals surface area contributed by atoms with E-state index in [9.17, 15) is 0 Å². The Morgan fingerprint density at radius 2 is 0.792 bits per heavy atom. The van der Waals surface area contributed by atoms with E-state index in [1.807, 2.05) is 0 Å². The van der Waals surface area contributed by atoms with Gasteiger partial charge >= 0.3 is 0 Å². The summed E-state index contributed by atoms with van der Waals surface area (Å²) in [5, 5.41) is 0. The second-order valence-corrected chi connectivity index (χ2v) is 7.76. The molecular weight excluding hydrogens is 433 g/mol. The zero-order chi connectivity index (χ0) is 16.2. The normalized spacial score (nSPS) is 20.8. The van der Waals surface area contributed by atoms with Crippen LogP contribution in [0, 0.1) is 11.8 Å². The van der Waals surface area contributed by atoms with Gasteiger partial charge in [0.05, 0.1) is 0 Å². The number of rotatable bonds is 12. The van der Waals surface area contributed by atoms with Crippen LogP contribution in [0.1, 0.15) is 25.7 Å². The molecule has 8 heteroatoms. The molecular formula is C16H32Cl6N2. The lowest BCUT2D eigenvalue weighted by atomic mass is 9.81. The Hall–Kier alpha value is 1.66. The van der Waals surface area contributed by atoms with Gasteiger partial charge in [0.2, 0.25) is 0 Å². The van der Waals surface area contributed by atoms with Gasteiger partial charge in [0.25, 0.3) is 0 Å². The van der Waals surface area contributed by atoms with Crippen LogP contribution < -0.4 is 0 Å². The van der Waals surface area contributed by atoms with Crippen LogP contribution in [0.4, 0.5) is 0 Å². The minimum atomic E-state index is 0. The van der Waals surface area contributed by atoms with Gasteiger partial charge in [0.1, 0.15) is 0 Å².